The Morgan fingerprint density at radius 2 is 1.78 bits per heavy atom. The van der Waals surface area contributed by atoms with Crippen LogP contribution in [-0.2, 0) is 16.0 Å². The summed E-state index contributed by atoms with van der Waals surface area (Å²) in [4.78, 5) is 26.6. The molecule has 1 fully saturated rings. The summed E-state index contributed by atoms with van der Waals surface area (Å²) in [5.41, 5.74) is 2.26. The summed E-state index contributed by atoms with van der Waals surface area (Å²) in [6, 6.07) is 19.8. The van der Waals surface area contributed by atoms with E-state index in [9.17, 15) is 9.59 Å². The van der Waals surface area contributed by atoms with Gasteiger partial charge < -0.3 is 4.74 Å². The molecule has 0 bridgehead atoms. The van der Waals surface area contributed by atoms with Gasteiger partial charge in [0.15, 0.2) is 0 Å². The molecule has 1 aliphatic heterocycles. The molecule has 1 aliphatic rings. The van der Waals surface area contributed by atoms with Crippen LogP contribution < -0.4 is 0 Å². The number of benzene rings is 2. The molecule has 0 N–H and O–H groups in total. The molecular formula is C23H27NO3. The maximum atomic E-state index is 13.0. The van der Waals surface area contributed by atoms with Crippen molar-refractivity contribution >= 4 is 12.0 Å². The van der Waals surface area contributed by atoms with Crippen LogP contribution in [-0.4, -0.2) is 29.5 Å². The van der Waals surface area contributed by atoms with Crippen molar-refractivity contribution in [3.63, 3.8) is 0 Å². The zero-order valence-electron chi connectivity index (χ0n) is 15.8. The van der Waals surface area contributed by atoms with E-state index in [4.69, 9.17) is 4.74 Å². The Balaban J connectivity index is 1.72. The molecule has 27 heavy (non-hydrogen) atoms. The number of imide groups is 1. The normalized spacial score (nSPS) is 17.6. The van der Waals surface area contributed by atoms with E-state index in [-0.39, 0.29) is 24.5 Å². The molecule has 2 aromatic rings. The molecule has 0 saturated carbocycles. The van der Waals surface area contributed by atoms with Gasteiger partial charge in [0, 0.05) is 6.42 Å². The molecular weight excluding hydrogens is 338 g/mol. The van der Waals surface area contributed by atoms with Crippen LogP contribution in [0.15, 0.2) is 60.7 Å². The van der Waals surface area contributed by atoms with Gasteiger partial charge in [0.2, 0.25) is 5.91 Å². The fourth-order valence-electron chi connectivity index (χ4n) is 3.67. The van der Waals surface area contributed by atoms with Gasteiger partial charge in [-0.05, 0) is 29.9 Å². The molecule has 0 spiro atoms. The van der Waals surface area contributed by atoms with E-state index in [0.29, 0.717) is 12.8 Å². The monoisotopic (exact) mass is 365 g/mol. The van der Waals surface area contributed by atoms with E-state index in [1.54, 1.807) is 0 Å². The first kappa shape index (κ1) is 19.2. The molecule has 0 unspecified atom stereocenters. The molecule has 1 heterocycles. The Bertz CT molecular complexity index is 745. The molecule has 2 atom stereocenters. The SMILES string of the molecule is CCCC[C@H](CC(=O)N1C(=O)OC[C@@H]1Cc1ccccc1)c1ccccc1. The number of hydrogen-bond donors (Lipinski definition) is 0. The number of amides is 2. The van der Waals surface area contributed by atoms with Crippen molar-refractivity contribution in [3.05, 3.63) is 71.8 Å². The lowest BCUT2D eigenvalue weighted by Gasteiger charge is -2.23. The Morgan fingerprint density at radius 1 is 1.11 bits per heavy atom. The van der Waals surface area contributed by atoms with Gasteiger partial charge >= 0.3 is 6.09 Å². The van der Waals surface area contributed by atoms with Crippen LogP contribution in [0.2, 0.25) is 0 Å². The summed E-state index contributed by atoms with van der Waals surface area (Å²) < 4.78 is 5.21. The topological polar surface area (TPSA) is 46.6 Å². The molecule has 2 aromatic carbocycles. The fraction of sp³-hybridized carbons (Fsp3) is 0.391. The molecule has 0 radical (unpaired) electrons. The Morgan fingerprint density at radius 3 is 2.44 bits per heavy atom. The number of ether oxygens (including phenoxy) is 1. The molecule has 1 saturated heterocycles. The summed E-state index contributed by atoms with van der Waals surface area (Å²) in [6.45, 7) is 2.42. The number of carbonyl (C=O) groups excluding carboxylic acids is 2. The molecule has 0 aliphatic carbocycles. The van der Waals surface area contributed by atoms with Gasteiger partial charge in [-0.3, -0.25) is 4.79 Å². The fourth-order valence-corrected chi connectivity index (χ4v) is 3.67. The van der Waals surface area contributed by atoms with E-state index in [0.717, 1.165) is 30.4 Å². The molecule has 142 valence electrons. The third kappa shape index (κ3) is 4.97. The lowest BCUT2D eigenvalue weighted by Crippen LogP contribution is -2.40. The van der Waals surface area contributed by atoms with Gasteiger partial charge in [-0.25, -0.2) is 9.69 Å². The van der Waals surface area contributed by atoms with Crippen molar-refractivity contribution in [2.75, 3.05) is 6.61 Å². The van der Waals surface area contributed by atoms with Gasteiger partial charge in [0.05, 0.1) is 6.04 Å². The highest BCUT2D eigenvalue weighted by Gasteiger charge is 2.38. The molecule has 0 aromatic heterocycles. The van der Waals surface area contributed by atoms with Gasteiger partial charge in [0.1, 0.15) is 6.61 Å². The van der Waals surface area contributed by atoms with Crippen molar-refractivity contribution in [2.24, 2.45) is 0 Å². The van der Waals surface area contributed by atoms with E-state index in [1.807, 2.05) is 48.5 Å². The van der Waals surface area contributed by atoms with Gasteiger partial charge in [0.25, 0.3) is 0 Å². The third-order valence-electron chi connectivity index (χ3n) is 5.14. The minimum absolute atomic E-state index is 0.129. The van der Waals surface area contributed by atoms with E-state index in [1.165, 1.54) is 4.90 Å². The summed E-state index contributed by atoms with van der Waals surface area (Å²) in [7, 11) is 0. The van der Waals surface area contributed by atoms with Crippen LogP contribution in [0.25, 0.3) is 0 Å². The summed E-state index contributed by atoms with van der Waals surface area (Å²) in [5, 5.41) is 0. The van der Waals surface area contributed by atoms with Crippen LogP contribution in [0.1, 0.15) is 49.7 Å². The smallest absolute Gasteiger partial charge is 0.416 e. The maximum Gasteiger partial charge on any atom is 0.416 e. The number of carbonyl (C=O) groups is 2. The van der Waals surface area contributed by atoms with Crippen molar-refractivity contribution in [1.82, 2.24) is 4.90 Å². The average Bonchev–Trinajstić information content (AvgIpc) is 3.06. The number of nitrogens with zero attached hydrogens (tertiary/aromatic N) is 1. The van der Waals surface area contributed by atoms with Crippen molar-refractivity contribution in [1.29, 1.82) is 0 Å². The minimum Gasteiger partial charge on any atom is -0.447 e. The van der Waals surface area contributed by atoms with E-state index >= 15 is 0 Å². The summed E-state index contributed by atoms with van der Waals surface area (Å²) >= 11 is 0. The lowest BCUT2D eigenvalue weighted by molar-refractivity contribution is -0.129. The van der Waals surface area contributed by atoms with Crippen molar-refractivity contribution in [2.45, 2.75) is 51.0 Å². The Hall–Kier alpha value is -2.62. The first-order valence-electron chi connectivity index (χ1n) is 9.76. The number of hydrogen-bond acceptors (Lipinski definition) is 3. The quantitative estimate of drug-likeness (QED) is 0.665. The van der Waals surface area contributed by atoms with E-state index < -0.39 is 6.09 Å². The second-order valence-electron chi connectivity index (χ2n) is 7.14. The summed E-state index contributed by atoms with van der Waals surface area (Å²) in [6.07, 6.45) is 3.54. The van der Waals surface area contributed by atoms with Gasteiger partial charge in [-0.2, -0.15) is 0 Å². The highest BCUT2D eigenvalue weighted by molar-refractivity contribution is 5.94. The average molecular weight is 365 g/mol. The number of rotatable bonds is 8. The molecule has 4 nitrogen and oxygen atoms in total. The Kier molecular flexibility index (Phi) is 6.64. The predicted molar refractivity (Wildman–Crippen MR) is 105 cm³/mol. The second kappa shape index (κ2) is 9.36. The zero-order valence-corrected chi connectivity index (χ0v) is 15.8. The first-order chi connectivity index (χ1) is 13.2. The van der Waals surface area contributed by atoms with Gasteiger partial charge in [-0.15, -0.1) is 0 Å². The maximum absolute atomic E-state index is 13.0. The minimum atomic E-state index is -0.511. The van der Waals surface area contributed by atoms with Crippen LogP contribution in [0.4, 0.5) is 4.79 Å². The van der Waals surface area contributed by atoms with Gasteiger partial charge in [-0.1, -0.05) is 80.4 Å². The summed E-state index contributed by atoms with van der Waals surface area (Å²) in [5.74, 6) is -0.00666. The molecule has 2 amide bonds. The molecule has 4 heteroatoms. The lowest BCUT2D eigenvalue weighted by atomic mass is 9.90. The number of cyclic esters (lactones) is 1. The van der Waals surface area contributed by atoms with Crippen molar-refractivity contribution in [3.8, 4) is 0 Å². The molecule has 3 rings (SSSR count). The van der Waals surface area contributed by atoms with Crippen molar-refractivity contribution < 1.29 is 14.3 Å². The van der Waals surface area contributed by atoms with Crippen LogP contribution in [0.3, 0.4) is 0 Å². The van der Waals surface area contributed by atoms with Crippen LogP contribution >= 0.6 is 0 Å². The largest absolute Gasteiger partial charge is 0.447 e. The first-order valence-corrected chi connectivity index (χ1v) is 9.76. The van der Waals surface area contributed by atoms with Crippen LogP contribution in [0, 0.1) is 0 Å². The van der Waals surface area contributed by atoms with Crippen LogP contribution in [0.5, 0.6) is 0 Å². The number of unbranched alkanes of at least 4 members (excludes halogenated alkanes) is 1. The highest BCUT2D eigenvalue weighted by atomic mass is 16.6. The predicted octanol–water partition coefficient (Wildman–Crippen LogP) is 4.94. The third-order valence-corrected chi connectivity index (χ3v) is 5.14. The van der Waals surface area contributed by atoms with E-state index in [2.05, 4.69) is 19.1 Å². The highest BCUT2D eigenvalue weighted by Crippen LogP contribution is 2.28. The Labute approximate surface area is 161 Å². The second-order valence-corrected chi connectivity index (χ2v) is 7.14. The standard InChI is InChI=1S/C23H27NO3/c1-2-3-12-20(19-13-8-5-9-14-19)16-22(25)24-21(17-27-23(24)26)15-18-10-6-4-7-11-18/h4-11,13-14,20-21H,2-3,12,15-17H2,1H3/t20-,21+/m1/s1. The zero-order chi connectivity index (χ0) is 19.1.